The predicted molar refractivity (Wildman–Crippen MR) is 191 cm³/mol. The molecule has 2 aliphatic heterocycles. The lowest BCUT2D eigenvalue weighted by Crippen LogP contribution is -2.22. The van der Waals surface area contributed by atoms with Gasteiger partial charge in [-0.05, 0) is 46.5 Å². The third-order valence-electron chi connectivity index (χ3n) is 9.19. The summed E-state index contributed by atoms with van der Waals surface area (Å²) in [7, 11) is 0. The number of Topliss-reactive ketones (excluding diaryl/α,β-unsaturated/α-hetero) is 2. The summed E-state index contributed by atoms with van der Waals surface area (Å²) < 4.78 is 25.2. The molecule has 0 fully saturated rings. The molecule has 0 aliphatic carbocycles. The molecule has 246 valence electrons. The molecule has 2 aliphatic rings. The average Bonchev–Trinajstić information content (AvgIpc) is 3.17. The molecule has 2 unspecified atom stereocenters. The molecule has 0 radical (unpaired) electrons. The van der Waals surface area contributed by atoms with Gasteiger partial charge >= 0.3 is 0 Å². The molecule has 0 bridgehead atoms. The Morgan fingerprint density at radius 1 is 0.460 bits per heavy atom. The molecular weight excluding hydrogens is 624 g/mol. The number of benzene rings is 6. The molecule has 2 atom stereocenters. The number of fused-ring (bicyclic) bond motifs is 2. The van der Waals surface area contributed by atoms with Gasteiger partial charge in [-0.3, -0.25) is 9.59 Å². The first-order valence-corrected chi connectivity index (χ1v) is 16.8. The van der Waals surface area contributed by atoms with E-state index in [0.717, 1.165) is 33.4 Å². The smallest absolute Gasteiger partial charge is 0.170 e. The number of ketones is 2. The van der Waals surface area contributed by atoms with Crippen molar-refractivity contribution >= 4 is 11.6 Å². The first kappa shape index (κ1) is 31.1. The van der Waals surface area contributed by atoms with Crippen molar-refractivity contribution in [2.24, 2.45) is 0 Å². The Bertz CT molecular complexity index is 2020. The molecule has 0 saturated carbocycles. The van der Waals surface area contributed by atoms with Gasteiger partial charge in [0.25, 0.3) is 0 Å². The minimum Gasteiger partial charge on any atom is -0.489 e. The van der Waals surface area contributed by atoms with E-state index in [1.54, 1.807) is 24.3 Å². The monoisotopic (exact) mass is 658 g/mol. The van der Waals surface area contributed by atoms with Crippen LogP contribution < -0.4 is 18.9 Å². The molecular formula is C44H34O6. The molecule has 6 aromatic rings. The second-order valence-electron chi connectivity index (χ2n) is 12.5. The lowest BCUT2D eigenvalue weighted by Gasteiger charge is -2.30. The first-order chi connectivity index (χ1) is 24.6. The van der Waals surface area contributed by atoms with Crippen molar-refractivity contribution in [1.29, 1.82) is 0 Å². The van der Waals surface area contributed by atoms with Crippen molar-refractivity contribution in [3.05, 3.63) is 179 Å². The van der Waals surface area contributed by atoms with Crippen LogP contribution in [-0.4, -0.2) is 11.6 Å². The Labute approximate surface area is 290 Å². The molecule has 0 aromatic heterocycles. The molecule has 6 nitrogen and oxygen atoms in total. The van der Waals surface area contributed by atoms with E-state index < -0.39 is 12.2 Å². The second-order valence-corrected chi connectivity index (χ2v) is 12.5. The van der Waals surface area contributed by atoms with Gasteiger partial charge in [-0.15, -0.1) is 0 Å². The van der Waals surface area contributed by atoms with Crippen LogP contribution in [0.3, 0.4) is 0 Å². The largest absolute Gasteiger partial charge is 0.489 e. The Balaban J connectivity index is 1.06. The van der Waals surface area contributed by atoms with E-state index in [2.05, 4.69) is 0 Å². The summed E-state index contributed by atoms with van der Waals surface area (Å²) in [5.41, 5.74) is 6.80. The third kappa shape index (κ3) is 6.48. The zero-order chi connectivity index (χ0) is 33.9. The maximum Gasteiger partial charge on any atom is 0.170 e. The van der Waals surface area contributed by atoms with E-state index in [4.69, 9.17) is 18.9 Å². The molecule has 50 heavy (non-hydrogen) atoms. The van der Waals surface area contributed by atoms with Crippen LogP contribution in [0.4, 0.5) is 0 Å². The van der Waals surface area contributed by atoms with Crippen LogP contribution in [0, 0.1) is 0 Å². The lowest BCUT2D eigenvalue weighted by molar-refractivity contribution is 0.0838. The summed E-state index contributed by atoms with van der Waals surface area (Å²) in [6.07, 6.45) is -0.618. The van der Waals surface area contributed by atoms with Gasteiger partial charge in [-0.2, -0.15) is 0 Å². The zero-order valence-electron chi connectivity index (χ0n) is 27.3. The highest BCUT2D eigenvalue weighted by atomic mass is 16.5. The Morgan fingerprint density at radius 3 is 1.30 bits per heavy atom. The average molecular weight is 659 g/mol. The van der Waals surface area contributed by atoms with Crippen LogP contribution >= 0.6 is 0 Å². The Kier molecular flexibility index (Phi) is 8.58. The first-order valence-electron chi connectivity index (χ1n) is 16.8. The van der Waals surface area contributed by atoms with Gasteiger partial charge in [0.05, 0.1) is 24.0 Å². The fourth-order valence-electron chi connectivity index (χ4n) is 6.66. The summed E-state index contributed by atoms with van der Waals surface area (Å²) in [5.74, 6) is 2.29. The van der Waals surface area contributed by atoms with Gasteiger partial charge in [-0.25, -0.2) is 0 Å². The van der Waals surface area contributed by atoms with Crippen LogP contribution in [-0.2, 0) is 13.2 Å². The van der Waals surface area contributed by atoms with Crippen molar-refractivity contribution in [3.8, 4) is 34.1 Å². The number of rotatable bonds is 9. The number of hydrogen-bond acceptors (Lipinski definition) is 6. The van der Waals surface area contributed by atoms with Crippen molar-refractivity contribution in [2.45, 2.75) is 38.3 Å². The van der Waals surface area contributed by atoms with Gasteiger partial charge in [0.2, 0.25) is 0 Å². The van der Waals surface area contributed by atoms with E-state index in [1.807, 2.05) is 121 Å². The van der Waals surface area contributed by atoms with Crippen molar-refractivity contribution < 1.29 is 28.5 Å². The highest BCUT2D eigenvalue weighted by Crippen LogP contribution is 2.44. The summed E-state index contributed by atoms with van der Waals surface area (Å²) in [5, 5.41) is 0. The van der Waals surface area contributed by atoms with Gasteiger partial charge in [0, 0.05) is 23.3 Å². The SMILES string of the molecule is O=C1CC(c2ccccc2-c2ccccc2C2CC(=O)c3ccc(OCc4ccccc4)cc3O2)Oc2cc(OCc3ccccc3)ccc21. The normalized spacial score (nSPS) is 16.4. The highest BCUT2D eigenvalue weighted by Gasteiger charge is 2.33. The van der Waals surface area contributed by atoms with Gasteiger partial charge < -0.3 is 18.9 Å². The van der Waals surface area contributed by atoms with Gasteiger partial charge in [0.1, 0.15) is 48.4 Å². The quantitative estimate of drug-likeness (QED) is 0.154. The predicted octanol–water partition coefficient (Wildman–Crippen LogP) is 9.92. The number of ether oxygens (including phenoxy) is 4. The summed E-state index contributed by atoms with van der Waals surface area (Å²) in [4.78, 5) is 26.9. The highest BCUT2D eigenvalue weighted by molar-refractivity contribution is 6.01. The van der Waals surface area contributed by atoms with Gasteiger partial charge in [-0.1, -0.05) is 109 Å². The van der Waals surface area contributed by atoms with Crippen LogP contribution in [0.2, 0.25) is 0 Å². The van der Waals surface area contributed by atoms with Crippen molar-refractivity contribution in [3.63, 3.8) is 0 Å². The van der Waals surface area contributed by atoms with Crippen LogP contribution in [0.15, 0.2) is 146 Å². The van der Waals surface area contributed by atoms with E-state index >= 15 is 0 Å². The van der Waals surface area contributed by atoms with E-state index in [9.17, 15) is 9.59 Å². The number of carbonyl (C=O) groups excluding carboxylic acids is 2. The van der Waals surface area contributed by atoms with Crippen LogP contribution in [0.5, 0.6) is 23.0 Å². The third-order valence-corrected chi connectivity index (χ3v) is 9.19. The van der Waals surface area contributed by atoms with Gasteiger partial charge in [0.15, 0.2) is 11.6 Å². The minimum atomic E-state index is -0.511. The number of carbonyl (C=O) groups is 2. The van der Waals surface area contributed by atoms with E-state index in [1.165, 1.54) is 0 Å². The molecule has 6 heteroatoms. The maximum atomic E-state index is 13.4. The van der Waals surface area contributed by atoms with Crippen molar-refractivity contribution in [2.75, 3.05) is 0 Å². The Morgan fingerprint density at radius 2 is 0.860 bits per heavy atom. The molecule has 0 saturated heterocycles. The summed E-state index contributed by atoms with van der Waals surface area (Å²) in [6, 6.07) is 46.6. The molecule has 2 heterocycles. The molecule has 6 aromatic carbocycles. The molecule has 0 amide bonds. The topological polar surface area (TPSA) is 71.1 Å². The van der Waals surface area contributed by atoms with Crippen molar-refractivity contribution in [1.82, 2.24) is 0 Å². The summed E-state index contributed by atoms with van der Waals surface area (Å²) >= 11 is 0. The number of hydrogen-bond donors (Lipinski definition) is 0. The molecule has 0 spiro atoms. The zero-order valence-corrected chi connectivity index (χ0v) is 27.3. The minimum absolute atomic E-state index is 0.0112. The lowest BCUT2D eigenvalue weighted by atomic mass is 9.86. The second kappa shape index (κ2) is 13.8. The van der Waals surface area contributed by atoms with Crippen LogP contribution in [0.1, 0.15) is 68.0 Å². The Hall–Kier alpha value is -6.14. The maximum absolute atomic E-state index is 13.4. The van der Waals surface area contributed by atoms with E-state index in [-0.39, 0.29) is 24.4 Å². The molecule has 0 N–H and O–H groups in total. The van der Waals surface area contributed by atoms with Crippen LogP contribution in [0.25, 0.3) is 11.1 Å². The fourth-order valence-corrected chi connectivity index (χ4v) is 6.66. The summed E-state index contributed by atoms with van der Waals surface area (Å²) in [6.45, 7) is 0.823. The fraction of sp³-hybridized carbons (Fsp3) is 0.136. The standard InChI is InChI=1S/C44H34O6/c45-39-25-43(49-41-23-31(19-21-37(39)41)47-27-29-11-3-1-4-12-29)35-17-9-7-15-33(35)34-16-8-10-18-36(34)44-26-40(46)38-22-20-32(24-42(38)50-44)48-28-30-13-5-2-6-14-30/h1-24,43-44H,25-28H2. The molecule has 8 rings (SSSR count). The van der Waals surface area contributed by atoms with E-state index in [0.29, 0.717) is 47.3 Å².